The molecule has 0 aliphatic carbocycles. The lowest BCUT2D eigenvalue weighted by Gasteiger charge is -2.21. The van der Waals surface area contributed by atoms with Crippen molar-refractivity contribution >= 4 is 5.91 Å². The number of amides is 1. The van der Waals surface area contributed by atoms with E-state index >= 15 is 0 Å². The summed E-state index contributed by atoms with van der Waals surface area (Å²) in [6, 6.07) is 0.354. The molecule has 0 bridgehead atoms. The first-order chi connectivity index (χ1) is 6.33. The maximum absolute atomic E-state index is 11.1. The maximum atomic E-state index is 11.1. The third-order valence-corrected chi connectivity index (χ3v) is 2.48. The Bertz CT molecular complexity index is 151. The average molecular weight is 184 g/mol. The second-order valence-corrected chi connectivity index (χ2v) is 3.67. The minimum Gasteiger partial charge on any atom is -0.352 e. The fourth-order valence-electron chi connectivity index (χ4n) is 1.65. The van der Waals surface area contributed by atoms with Gasteiger partial charge in [-0.15, -0.1) is 0 Å². The van der Waals surface area contributed by atoms with Crippen LogP contribution in [-0.2, 0) is 4.79 Å². The van der Waals surface area contributed by atoms with Gasteiger partial charge in [-0.25, -0.2) is 0 Å². The fraction of sp³-hybridized carbons (Fsp3) is 0.900. The van der Waals surface area contributed by atoms with Crippen molar-refractivity contribution in [2.75, 3.05) is 13.1 Å². The Labute approximate surface area is 80.3 Å². The average Bonchev–Trinajstić information content (AvgIpc) is 2.09. The molecule has 3 heteroatoms. The van der Waals surface area contributed by atoms with Crippen LogP contribution in [0.3, 0.4) is 0 Å². The van der Waals surface area contributed by atoms with Gasteiger partial charge in [-0.2, -0.15) is 0 Å². The van der Waals surface area contributed by atoms with Crippen molar-refractivity contribution in [3.05, 3.63) is 0 Å². The lowest BCUT2D eigenvalue weighted by molar-refractivity contribution is -0.121. The van der Waals surface area contributed by atoms with Crippen LogP contribution >= 0.6 is 0 Å². The van der Waals surface area contributed by atoms with Gasteiger partial charge in [0.2, 0.25) is 5.91 Å². The Morgan fingerprint density at radius 1 is 1.46 bits per heavy atom. The zero-order valence-corrected chi connectivity index (χ0v) is 8.44. The van der Waals surface area contributed by atoms with E-state index in [1.165, 1.54) is 19.3 Å². The predicted molar refractivity (Wildman–Crippen MR) is 53.6 cm³/mol. The topological polar surface area (TPSA) is 41.1 Å². The van der Waals surface area contributed by atoms with Crippen LogP contribution < -0.4 is 10.6 Å². The highest BCUT2D eigenvalue weighted by Gasteiger charge is 2.11. The van der Waals surface area contributed by atoms with E-state index in [9.17, 15) is 4.79 Å². The van der Waals surface area contributed by atoms with Crippen LogP contribution in [0.5, 0.6) is 0 Å². The molecule has 0 aromatic rings. The smallest absolute Gasteiger partial charge is 0.219 e. The van der Waals surface area contributed by atoms with Crippen LogP contribution in [0.25, 0.3) is 0 Å². The van der Waals surface area contributed by atoms with Crippen molar-refractivity contribution in [3.8, 4) is 0 Å². The van der Waals surface area contributed by atoms with Crippen LogP contribution in [-0.4, -0.2) is 25.0 Å². The molecular weight excluding hydrogens is 164 g/mol. The second kappa shape index (κ2) is 5.97. The number of hydrogen-bond donors (Lipinski definition) is 2. The van der Waals surface area contributed by atoms with Crippen LogP contribution in [0.1, 0.15) is 39.0 Å². The molecule has 1 atom stereocenters. The van der Waals surface area contributed by atoms with E-state index < -0.39 is 0 Å². The summed E-state index contributed by atoms with van der Waals surface area (Å²) in [5, 5.41) is 6.39. The van der Waals surface area contributed by atoms with Crippen LogP contribution in [0, 0.1) is 0 Å². The molecule has 1 aliphatic heterocycles. The van der Waals surface area contributed by atoms with Crippen LogP contribution in [0.15, 0.2) is 0 Å². The van der Waals surface area contributed by atoms with Crippen molar-refractivity contribution in [2.24, 2.45) is 0 Å². The number of carbonyl (C=O) groups is 1. The maximum Gasteiger partial charge on any atom is 0.219 e. The first-order valence-corrected chi connectivity index (χ1v) is 5.33. The van der Waals surface area contributed by atoms with Gasteiger partial charge < -0.3 is 10.6 Å². The molecule has 1 amide bonds. The minimum absolute atomic E-state index is 0.173. The molecule has 1 fully saturated rings. The van der Waals surface area contributed by atoms with Crippen molar-refractivity contribution in [2.45, 2.75) is 45.1 Å². The van der Waals surface area contributed by atoms with Gasteiger partial charge >= 0.3 is 0 Å². The minimum atomic E-state index is 0.173. The molecule has 0 aromatic carbocycles. The number of hydrogen-bond acceptors (Lipinski definition) is 2. The molecular formula is C10H20N2O. The lowest BCUT2D eigenvalue weighted by Crippen LogP contribution is -2.42. The quantitative estimate of drug-likeness (QED) is 0.673. The van der Waals surface area contributed by atoms with Crippen molar-refractivity contribution < 1.29 is 4.79 Å². The zero-order chi connectivity index (χ0) is 9.52. The predicted octanol–water partition coefficient (Wildman–Crippen LogP) is 1.04. The highest BCUT2D eigenvalue weighted by atomic mass is 16.1. The van der Waals surface area contributed by atoms with E-state index in [0.29, 0.717) is 12.5 Å². The third kappa shape index (κ3) is 4.27. The highest BCUT2D eigenvalue weighted by molar-refractivity contribution is 5.75. The largest absolute Gasteiger partial charge is 0.352 e. The summed E-state index contributed by atoms with van der Waals surface area (Å²) < 4.78 is 0. The molecule has 13 heavy (non-hydrogen) atoms. The van der Waals surface area contributed by atoms with Gasteiger partial charge in [0.1, 0.15) is 0 Å². The third-order valence-electron chi connectivity index (χ3n) is 2.48. The molecule has 1 aliphatic rings. The van der Waals surface area contributed by atoms with Crippen LogP contribution in [0.4, 0.5) is 0 Å². The van der Waals surface area contributed by atoms with Gasteiger partial charge in [0, 0.05) is 19.0 Å². The Balaban J connectivity index is 2.25. The molecule has 2 N–H and O–H groups in total. The molecule has 1 heterocycles. The Morgan fingerprint density at radius 3 is 3.08 bits per heavy atom. The van der Waals surface area contributed by atoms with Gasteiger partial charge in [-0.05, 0) is 19.4 Å². The summed E-state index contributed by atoms with van der Waals surface area (Å²) in [4.78, 5) is 11.1. The summed E-state index contributed by atoms with van der Waals surface area (Å²) in [5.74, 6) is 0.173. The number of carbonyl (C=O) groups excluding carboxylic acids is 1. The molecule has 1 unspecified atom stereocenters. The summed E-state index contributed by atoms with van der Waals surface area (Å²) in [5.41, 5.74) is 0. The van der Waals surface area contributed by atoms with Gasteiger partial charge in [0.15, 0.2) is 0 Å². The number of nitrogens with one attached hydrogen (secondary N) is 2. The monoisotopic (exact) mass is 184 g/mol. The van der Waals surface area contributed by atoms with Crippen molar-refractivity contribution in [1.29, 1.82) is 0 Å². The molecule has 1 saturated heterocycles. The molecule has 0 radical (unpaired) electrons. The molecule has 1 rings (SSSR count). The summed E-state index contributed by atoms with van der Waals surface area (Å²) >= 11 is 0. The van der Waals surface area contributed by atoms with Gasteiger partial charge in [0.25, 0.3) is 0 Å². The molecule has 0 spiro atoms. The van der Waals surface area contributed by atoms with E-state index in [-0.39, 0.29) is 5.91 Å². The summed E-state index contributed by atoms with van der Waals surface area (Å²) in [7, 11) is 0. The molecule has 3 nitrogen and oxygen atoms in total. The second-order valence-electron chi connectivity index (χ2n) is 3.67. The Kier molecular flexibility index (Phi) is 4.83. The van der Waals surface area contributed by atoms with E-state index in [0.717, 1.165) is 19.5 Å². The SMILES string of the molecule is CCC(=O)NC1CCCCCNC1. The lowest BCUT2D eigenvalue weighted by atomic mass is 10.1. The molecule has 76 valence electrons. The van der Waals surface area contributed by atoms with Gasteiger partial charge in [0.05, 0.1) is 0 Å². The van der Waals surface area contributed by atoms with E-state index in [1.807, 2.05) is 6.92 Å². The van der Waals surface area contributed by atoms with Crippen molar-refractivity contribution in [1.82, 2.24) is 10.6 Å². The number of rotatable bonds is 2. The summed E-state index contributed by atoms with van der Waals surface area (Å²) in [6.45, 7) is 3.93. The molecule has 0 aromatic heterocycles. The standard InChI is InChI=1S/C10H20N2O/c1-2-10(13)12-9-6-4-3-5-7-11-8-9/h9,11H,2-8H2,1H3,(H,12,13). The fourth-order valence-corrected chi connectivity index (χ4v) is 1.65. The van der Waals surface area contributed by atoms with E-state index in [2.05, 4.69) is 10.6 Å². The Morgan fingerprint density at radius 2 is 2.31 bits per heavy atom. The normalized spacial score (nSPS) is 24.5. The first-order valence-electron chi connectivity index (χ1n) is 5.33. The van der Waals surface area contributed by atoms with E-state index in [4.69, 9.17) is 0 Å². The first kappa shape index (κ1) is 10.5. The van der Waals surface area contributed by atoms with E-state index in [1.54, 1.807) is 0 Å². The zero-order valence-electron chi connectivity index (χ0n) is 8.44. The van der Waals surface area contributed by atoms with Gasteiger partial charge in [-0.1, -0.05) is 19.8 Å². The Hall–Kier alpha value is -0.570. The van der Waals surface area contributed by atoms with Gasteiger partial charge in [-0.3, -0.25) is 4.79 Å². The highest BCUT2D eigenvalue weighted by Crippen LogP contribution is 2.06. The van der Waals surface area contributed by atoms with Crippen molar-refractivity contribution in [3.63, 3.8) is 0 Å². The summed E-state index contributed by atoms with van der Waals surface area (Å²) in [6.07, 6.45) is 5.52. The van der Waals surface area contributed by atoms with Crippen LogP contribution in [0.2, 0.25) is 0 Å². The molecule has 0 saturated carbocycles.